The van der Waals surface area contributed by atoms with E-state index in [2.05, 4.69) is 20.5 Å². The number of amides is 1. The van der Waals surface area contributed by atoms with Crippen molar-refractivity contribution in [1.82, 2.24) is 15.2 Å². The molecule has 1 aromatic carbocycles. The smallest absolute Gasteiger partial charge is 0.337 e. The fourth-order valence-electron chi connectivity index (χ4n) is 1.76. The highest BCUT2D eigenvalue weighted by Crippen LogP contribution is 2.25. The maximum Gasteiger partial charge on any atom is 0.337 e. The van der Waals surface area contributed by atoms with Crippen LogP contribution in [0.1, 0.15) is 16.6 Å². The standard InChI is InChI=1S/C13H12N4O2S/c1-2-19-13-15-12(16-17-13)14-11(18)10-7-8-5-3-4-6-9(8)20-10/h3-7H,2H2,1H3,(H2,14,15,16,17,18). The van der Waals surface area contributed by atoms with Crippen molar-refractivity contribution in [1.29, 1.82) is 0 Å². The molecule has 0 radical (unpaired) electrons. The van der Waals surface area contributed by atoms with E-state index in [1.165, 1.54) is 11.3 Å². The monoisotopic (exact) mass is 288 g/mol. The topological polar surface area (TPSA) is 79.9 Å². The van der Waals surface area contributed by atoms with Crippen molar-refractivity contribution >= 4 is 33.3 Å². The minimum atomic E-state index is -0.217. The van der Waals surface area contributed by atoms with Crippen LogP contribution >= 0.6 is 11.3 Å². The summed E-state index contributed by atoms with van der Waals surface area (Å²) in [5, 5.41) is 10.1. The van der Waals surface area contributed by atoms with Crippen molar-refractivity contribution < 1.29 is 9.53 Å². The minimum absolute atomic E-state index is 0.217. The number of H-pyrrole nitrogens is 1. The molecule has 0 aliphatic rings. The number of hydrogen-bond acceptors (Lipinski definition) is 5. The molecule has 0 aliphatic heterocycles. The van der Waals surface area contributed by atoms with Crippen molar-refractivity contribution in [3.8, 4) is 6.01 Å². The first kappa shape index (κ1) is 12.6. The summed E-state index contributed by atoms with van der Waals surface area (Å²) in [6.45, 7) is 2.31. The van der Waals surface area contributed by atoms with Crippen molar-refractivity contribution in [2.75, 3.05) is 11.9 Å². The van der Waals surface area contributed by atoms with Crippen LogP contribution in [0.15, 0.2) is 30.3 Å². The van der Waals surface area contributed by atoms with Gasteiger partial charge in [0.15, 0.2) is 0 Å². The van der Waals surface area contributed by atoms with E-state index in [0.717, 1.165) is 10.1 Å². The van der Waals surface area contributed by atoms with Crippen LogP contribution in [0.2, 0.25) is 0 Å². The Morgan fingerprint density at radius 3 is 3.10 bits per heavy atom. The van der Waals surface area contributed by atoms with Crippen LogP contribution in [0.5, 0.6) is 6.01 Å². The van der Waals surface area contributed by atoms with E-state index in [0.29, 0.717) is 11.5 Å². The van der Waals surface area contributed by atoms with Crippen LogP contribution < -0.4 is 10.1 Å². The van der Waals surface area contributed by atoms with Crippen molar-refractivity contribution in [2.24, 2.45) is 0 Å². The Hall–Kier alpha value is -2.41. The van der Waals surface area contributed by atoms with E-state index in [4.69, 9.17) is 4.74 Å². The Morgan fingerprint density at radius 2 is 2.30 bits per heavy atom. The lowest BCUT2D eigenvalue weighted by atomic mass is 10.2. The highest BCUT2D eigenvalue weighted by Gasteiger charge is 2.12. The largest absolute Gasteiger partial charge is 0.463 e. The fourth-order valence-corrected chi connectivity index (χ4v) is 2.72. The number of benzene rings is 1. The first-order valence-corrected chi connectivity index (χ1v) is 6.93. The highest BCUT2D eigenvalue weighted by atomic mass is 32.1. The second kappa shape index (κ2) is 5.30. The number of hydrogen-bond donors (Lipinski definition) is 2. The predicted molar refractivity (Wildman–Crippen MR) is 77.3 cm³/mol. The van der Waals surface area contributed by atoms with E-state index < -0.39 is 0 Å². The molecule has 1 amide bonds. The van der Waals surface area contributed by atoms with E-state index in [-0.39, 0.29) is 17.9 Å². The number of rotatable bonds is 4. The van der Waals surface area contributed by atoms with Crippen LogP contribution in [-0.4, -0.2) is 27.7 Å². The molecule has 102 valence electrons. The van der Waals surface area contributed by atoms with Crippen LogP contribution in [0.3, 0.4) is 0 Å². The Balaban J connectivity index is 1.77. The summed E-state index contributed by atoms with van der Waals surface area (Å²) in [6.07, 6.45) is 0. The van der Waals surface area contributed by atoms with Crippen LogP contribution in [0.4, 0.5) is 5.95 Å². The van der Waals surface area contributed by atoms with E-state index in [1.54, 1.807) is 0 Å². The number of nitrogens with one attached hydrogen (secondary N) is 2. The minimum Gasteiger partial charge on any atom is -0.463 e. The molecule has 0 spiro atoms. The van der Waals surface area contributed by atoms with E-state index in [9.17, 15) is 4.79 Å². The number of carbonyl (C=O) groups excluding carboxylic acids is 1. The van der Waals surface area contributed by atoms with Gasteiger partial charge in [0.2, 0.25) is 5.95 Å². The van der Waals surface area contributed by atoms with Gasteiger partial charge in [-0.05, 0) is 24.4 Å². The second-order valence-corrected chi connectivity index (χ2v) is 5.09. The molecule has 2 aromatic heterocycles. The summed E-state index contributed by atoms with van der Waals surface area (Å²) in [4.78, 5) is 16.8. The Labute approximate surface area is 118 Å². The number of fused-ring (bicyclic) bond motifs is 1. The molecule has 0 aliphatic carbocycles. The molecule has 0 atom stereocenters. The first-order chi connectivity index (χ1) is 9.76. The normalized spacial score (nSPS) is 10.7. The average molecular weight is 288 g/mol. The van der Waals surface area contributed by atoms with Gasteiger partial charge < -0.3 is 4.74 Å². The zero-order valence-electron chi connectivity index (χ0n) is 10.7. The van der Waals surface area contributed by atoms with Gasteiger partial charge >= 0.3 is 6.01 Å². The second-order valence-electron chi connectivity index (χ2n) is 4.00. The molecule has 3 rings (SSSR count). The molecule has 0 unspecified atom stereocenters. The quantitative estimate of drug-likeness (QED) is 0.773. The number of aromatic amines is 1. The molecule has 6 nitrogen and oxygen atoms in total. The summed E-state index contributed by atoms with van der Waals surface area (Å²) in [5.74, 6) is 0.0568. The number of ether oxygens (including phenoxy) is 1. The molecule has 20 heavy (non-hydrogen) atoms. The van der Waals surface area contributed by atoms with Gasteiger partial charge in [0.25, 0.3) is 5.91 Å². The number of nitrogens with zero attached hydrogens (tertiary/aromatic N) is 2. The molecule has 2 N–H and O–H groups in total. The van der Waals surface area contributed by atoms with Gasteiger partial charge in [0, 0.05) is 4.70 Å². The zero-order chi connectivity index (χ0) is 13.9. The number of thiophene rings is 1. The van der Waals surface area contributed by atoms with Gasteiger partial charge in [-0.1, -0.05) is 18.2 Å². The van der Waals surface area contributed by atoms with Gasteiger partial charge in [-0.15, -0.1) is 16.4 Å². The molecular weight excluding hydrogens is 276 g/mol. The molecule has 0 fully saturated rings. The number of anilines is 1. The maximum absolute atomic E-state index is 12.1. The lowest BCUT2D eigenvalue weighted by Gasteiger charge is -1.97. The van der Waals surface area contributed by atoms with Crippen LogP contribution in [0, 0.1) is 0 Å². The molecule has 0 bridgehead atoms. The highest BCUT2D eigenvalue weighted by molar-refractivity contribution is 7.20. The summed E-state index contributed by atoms with van der Waals surface area (Å²) in [5.41, 5.74) is 0. The Morgan fingerprint density at radius 1 is 1.45 bits per heavy atom. The Kier molecular flexibility index (Phi) is 3.34. The van der Waals surface area contributed by atoms with Crippen LogP contribution in [0.25, 0.3) is 10.1 Å². The van der Waals surface area contributed by atoms with Crippen molar-refractivity contribution in [3.05, 3.63) is 35.2 Å². The third-order valence-electron chi connectivity index (χ3n) is 2.62. The lowest BCUT2D eigenvalue weighted by molar-refractivity contribution is 0.103. The number of aromatic nitrogens is 3. The summed E-state index contributed by atoms with van der Waals surface area (Å²) in [7, 11) is 0. The molecular formula is C13H12N4O2S. The fraction of sp³-hybridized carbons (Fsp3) is 0.154. The third-order valence-corrected chi connectivity index (χ3v) is 3.73. The molecule has 2 heterocycles. The Bertz CT molecular complexity index is 717. The zero-order valence-corrected chi connectivity index (χ0v) is 11.5. The van der Waals surface area contributed by atoms with Crippen molar-refractivity contribution in [3.63, 3.8) is 0 Å². The van der Waals surface area contributed by atoms with Gasteiger partial charge in [-0.25, -0.2) is 5.10 Å². The first-order valence-electron chi connectivity index (χ1n) is 6.11. The average Bonchev–Trinajstić information content (AvgIpc) is 3.05. The third kappa shape index (κ3) is 2.48. The molecule has 7 heteroatoms. The van der Waals surface area contributed by atoms with Gasteiger partial charge in [-0.2, -0.15) is 4.98 Å². The molecule has 0 saturated carbocycles. The van der Waals surface area contributed by atoms with Crippen LogP contribution in [-0.2, 0) is 0 Å². The SMILES string of the molecule is CCOc1n[nH]c(NC(=O)c2cc3ccccc3s2)n1. The predicted octanol–water partition coefficient (Wildman–Crippen LogP) is 2.67. The van der Waals surface area contributed by atoms with E-state index >= 15 is 0 Å². The summed E-state index contributed by atoms with van der Waals surface area (Å²) >= 11 is 1.44. The van der Waals surface area contributed by atoms with Gasteiger partial charge in [0.05, 0.1) is 11.5 Å². The van der Waals surface area contributed by atoms with Gasteiger partial charge in [0.1, 0.15) is 0 Å². The number of carbonyl (C=O) groups is 1. The summed E-state index contributed by atoms with van der Waals surface area (Å²) < 4.78 is 6.19. The van der Waals surface area contributed by atoms with Crippen molar-refractivity contribution in [2.45, 2.75) is 6.92 Å². The summed E-state index contributed by atoms with van der Waals surface area (Å²) in [6, 6.07) is 9.93. The lowest BCUT2D eigenvalue weighted by Crippen LogP contribution is -2.11. The van der Waals surface area contributed by atoms with Gasteiger partial charge in [-0.3, -0.25) is 10.1 Å². The molecule has 0 saturated heterocycles. The molecule has 3 aromatic rings. The maximum atomic E-state index is 12.1. The van der Waals surface area contributed by atoms with E-state index in [1.807, 2.05) is 37.3 Å².